The first-order chi connectivity index (χ1) is 9.42. The van der Waals surface area contributed by atoms with E-state index in [1.54, 1.807) is 0 Å². The minimum absolute atomic E-state index is 0.537. The summed E-state index contributed by atoms with van der Waals surface area (Å²) in [6.07, 6.45) is 1.33. The van der Waals surface area contributed by atoms with Crippen LogP contribution in [0.15, 0.2) is 65.4 Å². The Hall–Kier alpha value is -2.62. The van der Waals surface area contributed by atoms with Gasteiger partial charge in [0.15, 0.2) is 0 Å². The highest BCUT2D eigenvalue weighted by atomic mass is 16.4. The number of nitrogens with one attached hydrogen (secondary N) is 1. The van der Waals surface area contributed by atoms with Gasteiger partial charge in [0.2, 0.25) is 12.3 Å². The molecule has 3 rings (SSSR count). The summed E-state index contributed by atoms with van der Waals surface area (Å²) in [4.78, 5) is 0. The Morgan fingerprint density at radius 1 is 0.947 bits per heavy atom. The van der Waals surface area contributed by atoms with E-state index < -0.39 is 0 Å². The minimum Gasteiger partial charge on any atom is -0.423 e. The summed E-state index contributed by atoms with van der Waals surface area (Å²) in [5.74, 6) is 0.537. The molecule has 0 radical (unpaired) electrons. The van der Waals surface area contributed by atoms with Crippen LogP contribution in [0, 0.1) is 0 Å². The van der Waals surface area contributed by atoms with E-state index >= 15 is 0 Å². The Kier molecular flexibility index (Phi) is 3.23. The molecule has 0 saturated heterocycles. The predicted octanol–water partition coefficient (Wildman–Crippen LogP) is 3.35. The number of aromatic nitrogens is 2. The Morgan fingerprint density at radius 3 is 2.42 bits per heavy atom. The van der Waals surface area contributed by atoms with E-state index in [4.69, 9.17) is 4.42 Å². The van der Waals surface area contributed by atoms with Gasteiger partial charge in [-0.15, -0.1) is 10.2 Å². The third-order valence-corrected chi connectivity index (χ3v) is 2.83. The van der Waals surface area contributed by atoms with Gasteiger partial charge in [-0.2, -0.15) is 0 Å². The van der Waals surface area contributed by atoms with E-state index in [1.165, 1.54) is 12.0 Å². The van der Waals surface area contributed by atoms with Gasteiger partial charge in [-0.1, -0.05) is 30.3 Å². The van der Waals surface area contributed by atoms with Crippen molar-refractivity contribution in [2.24, 2.45) is 0 Å². The fraction of sp³-hybridized carbons (Fsp3) is 0.0667. The number of rotatable bonds is 4. The number of anilines is 1. The maximum Gasteiger partial charge on any atom is 0.247 e. The highest BCUT2D eigenvalue weighted by molar-refractivity contribution is 5.58. The van der Waals surface area contributed by atoms with Crippen LogP contribution in [0.1, 0.15) is 5.56 Å². The third-order valence-electron chi connectivity index (χ3n) is 2.83. The molecule has 0 aliphatic rings. The summed E-state index contributed by atoms with van der Waals surface area (Å²) in [6.45, 7) is 0.806. The SMILES string of the molecule is c1ccc(CNc2ccc(-c3nnco3)cc2)cc1. The topological polar surface area (TPSA) is 51.0 Å². The molecule has 0 saturated carbocycles. The third kappa shape index (κ3) is 2.80. The Morgan fingerprint density at radius 2 is 1.74 bits per heavy atom. The Labute approximate surface area is 111 Å². The smallest absolute Gasteiger partial charge is 0.247 e. The second-order valence-corrected chi connectivity index (χ2v) is 4.16. The molecule has 1 N–H and O–H groups in total. The summed E-state index contributed by atoms with van der Waals surface area (Å²) < 4.78 is 5.15. The molecule has 94 valence electrons. The van der Waals surface area contributed by atoms with Crippen molar-refractivity contribution >= 4 is 5.69 Å². The van der Waals surface area contributed by atoms with Gasteiger partial charge in [0, 0.05) is 17.8 Å². The van der Waals surface area contributed by atoms with Gasteiger partial charge >= 0.3 is 0 Å². The van der Waals surface area contributed by atoms with E-state index in [0.717, 1.165) is 17.8 Å². The van der Waals surface area contributed by atoms with Gasteiger partial charge in [0.05, 0.1) is 0 Å². The summed E-state index contributed by atoms with van der Waals surface area (Å²) in [5.41, 5.74) is 3.23. The van der Waals surface area contributed by atoms with Crippen molar-refractivity contribution < 1.29 is 4.42 Å². The van der Waals surface area contributed by atoms with E-state index in [-0.39, 0.29) is 0 Å². The van der Waals surface area contributed by atoms with E-state index in [1.807, 2.05) is 42.5 Å². The molecule has 0 atom stereocenters. The monoisotopic (exact) mass is 251 g/mol. The fourth-order valence-electron chi connectivity index (χ4n) is 1.83. The predicted molar refractivity (Wildman–Crippen MR) is 73.5 cm³/mol. The van der Waals surface area contributed by atoms with Crippen LogP contribution in [0.5, 0.6) is 0 Å². The molecule has 0 aliphatic heterocycles. The molecule has 0 spiro atoms. The van der Waals surface area contributed by atoms with Gasteiger partial charge in [0.1, 0.15) is 0 Å². The van der Waals surface area contributed by atoms with Gasteiger partial charge in [-0.05, 0) is 29.8 Å². The van der Waals surface area contributed by atoms with Crippen LogP contribution < -0.4 is 5.32 Å². The molecule has 19 heavy (non-hydrogen) atoms. The number of nitrogens with zero attached hydrogens (tertiary/aromatic N) is 2. The number of hydrogen-bond acceptors (Lipinski definition) is 4. The standard InChI is InChI=1S/C15H13N3O/c1-2-4-12(5-3-1)10-16-14-8-6-13(7-9-14)15-18-17-11-19-15/h1-9,11,16H,10H2. The lowest BCUT2D eigenvalue weighted by molar-refractivity contribution is 0.568. The summed E-state index contributed by atoms with van der Waals surface area (Å²) in [6, 6.07) is 18.2. The van der Waals surface area contributed by atoms with Crippen molar-refractivity contribution in [2.75, 3.05) is 5.32 Å². The Balaban J connectivity index is 1.67. The van der Waals surface area contributed by atoms with Gasteiger partial charge in [-0.25, -0.2) is 0 Å². The lowest BCUT2D eigenvalue weighted by Gasteiger charge is -2.06. The first-order valence-electron chi connectivity index (χ1n) is 6.06. The summed E-state index contributed by atoms with van der Waals surface area (Å²) >= 11 is 0. The molecular weight excluding hydrogens is 238 g/mol. The van der Waals surface area contributed by atoms with Gasteiger partial charge < -0.3 is 9.73 Å². The van der Waals surface area contributed by atoms with Crippen LogP contribution in [0.2, 0.25) is 0 Å². The van der Waals surface area contributed by atoms with Crippen LogP contribution in [-0.2, 0) is 6.54 Å². The van der Waals surface area contributed by atoms with E-state index in [0.29, 0.717) is 5.89 Å². The molecule has 1 heterocycles. The highest BCUT2D eigenvalue weighted by Gasteiger charge is 2.02. The van der Waals surface area contributed by atoms with Crippen LogP contribution >= 0.6 is 0 Å². The Bertz CT molecular complexity index is 618. The average molecular weight is 251 g/mol. The second kappa shape index (κ2) is 5.35. The second-order valence-electron chi connectivity index (χ2n) is 4.16. The molecule has 0 amide bonds. The van der Waals surface area contributed by atoms with E-state index in [2.05, 4.69) is 27.6 Å². The largest absolute Gasteiger partial charge is 0.423 e. The zero-order valence-corrected chi connectivity index (χ0v) is 10.3. The summed E-state index contributed by atoms with van der Waals surface area (Å²) in [7, 11) is 0. The molecule has 3 aromatic rings. The molecular formula is C15H13N3O. The number of benzene rings is 2. The molecule has 2 aromatic carbocycles. The maximum absolute atomic E-state index is 5.15. The molecule has 0 unspecified atom stereocenters. The van der Waals surface area contributed by atoms with Crippen LogP contribution in [0.4, 0.5) is 5.69 Å². The van der Waals surface area contributed by atoms with Gasteiger partial charge in [0.25, 0.3) is 0 Å². The lowest BCUT2D eigenvalue weighted by Crippen LogP contribution is -1.98. The van der Waals surface area contributed by atoms with Crippen molar-refractivity contribution in [3.05, 3.63) is 66.6 Å². The molecule has 4 nitrogen and oxygen atoms in total. The van der Waals surface area contributed by atoms with Crippen LogP contribution in [0.25, 0.3) is 11.5 Å². The number of hydrogen-bond donors (Lipinski definition) is 1. The molecule has 0 bridgehead atoms. The van der Waals surface area contributed by atoms with Crippen molar-refractivity contribution in [3.63, 3.8) is 0 Å². The molecule has 4 heteroatoms. The zero-order valence-electron chi connectivity index (χ0n) is 10.3. The fourth-order valence-corrected chi connectivity index (χ4v) is 1.83. The van der Waals surface area contributed by atoms with Crippen molar-refractivity contribution in [3.8, 4) is 11.5 Å². The van der Waals surface area contributed by atoms with Crippen LogP contribution in [0.3, 0.4) is 0 Å². The zero-order chi connectivity index (χ0) is 12.9. The summed E-state index contributed by atoms with van der Waals surface area (Å²) in [5, 5.41) is 10.9. The molecule has 1 aromatic heterocycles. The minimum atomic E-state index is 0.537. The van der Waals surface area contributed by atoms with Crippen LogP contribution in [-0.4, -0.2) is 10.2 Å². The highest BCUT2D eigenvalue weighted by Crippen LogP contribution is 2.19. The first kappa shape index (κ1) is 11.5. The van der Waals surface area contributed by atoms with E-state index in [9.17, 15) is 0 Å². The normalized spacial score (nSPS) is 10.3. The maximum atomic E-state index is 5.15. The average Bonchev–Trinajstić information content (AvgIpc) is 3.01. The quantitative estimate of drug-likeness (QED) is 0.772. The first-order valence-corrected chi connectivity index (χ1v) is 6.06. The molecule has 0 fully saturated rings. The van der Waals surface area contributed by atoms with Crippen molar-refractivity contribution in [1.82, 2.24) is 10.2 Å². The van der Waals surface area contributed by atoms with Gasteiger partial charge in [-0.3, -0.25) is 0 Å². The lowest BCUT2D eigenvalue weighted by atomic mass is 10.2. The van der Waals surface area contributed by atoms with Crippen molar-refractivity contribution in [2.45, 2.75) is 6.54 Å². The molecule has 0 aliphatic carbocycles. The van der Waals surface area contributed by atoms with Crippen molar-refractivity contribution in [1.29, 1.82) is 0 Å².